The second-order valence-electron chi connectivity index (χ2n) is 5.52. The minimum atomic E-state index is -0.0982. The quantitative estimate of drug-likeness (QED) is 0.474. The number of ether oxygens (including phenoxy) is 2. The van der Waals surface area contributed by atoms with Gasteiger partial charge in [-0.1, -0.05) is 19.3 Å². The summed E-state index contributed by atoms with van der Waals surface area (Å²) in [4.78, 5) is 0. The summed E-state index contributed by atoms with van der Waals surface area (Å²) in [6.45, 7) is 7.45. The Bertz CT molecular complexity index is 211. The summed E-state index contributed by atoms with van der Waals surface area (Å²) in [6, 6.07) is 0. The van der Waals surface area contributed by atoms with Gasteiger partial charge in [0.05, 0.1) is 0 Å². The highest BCUT2D eigenvalue weighted by Crippen LogP contribution is 2.35. The highest BCUT2D eigenvalue weighted by atomic mass is 16.7. The second kappa shape index (κ2) is 9.70. The van der Waals surface area contributed by atoms with Crippen LogP contribution in [0.1, 0.15) is 52.4 Å². The smallest absolute Gasteiger partial charge is 0.158 e. The molecule has 0 radical (unpaired) electrons. The van der Waals surface area contributed by atoms with Crippen LogP contribution in [0.4, 0.5) is 0 Å². The molecular weight excluding hydrogens is 242 g/mol. The molecule has 4 heteroatoms. The molecule has 0 aromatic carbocycles. The first-order chi connectivity index (χ1) is 9.26. The molecule has 0 amide bonds. The molecule has 1 saturated carbocycles. The summed E-state index contributed by atoms with van der Waals surface area (Å²) in [7, 11) is 0. The predicted molar refractivity (Wildman–Crippen MR) is 77.1 cm³/mol. The molecule has 0 saturated heterocycles. The van der Waals surface area contributed by atoms with Crippen LogP contribution in [-0.2, 0) is 9.47 Å². The van der Waals surface area contributed by atoms with Gasteiger partial charge in [-0.2, -0.15) is 0 Å². The zero-order valence-electron chi connectivity index (χ0n) is 12.6. The van der Waals surface area contributed by atoms with Crippen LogP contribution >= 0.6 is 0 Å². The molecule has 1 aliphatic rings. The number of aliphatic hydroxyl groups is 1. The van der Waals surface area contributed by atoms with Gasteiger partial charge in [0.25, 0.3) is 0 Å². The number of hydrogen-bond donors (Lipinski definition) is 2. The van der Waals surface area contributed by atoms with Crippen molar-refractivity contribution < 1.29 is 14.6 Å². The third-order valence-corrected chi connectivity index (χ3v) is 4.01. The maximum Gasteiger partial charge on any atom is 0.158 e. The third kappa shape index (κ3) is 6.21. The fourth-order valence-corrected chi connectivity index (χ4v) is 2.85. The van der Waals surface area contributed by atoms with E-state index in [4.69, 9.17) is 9.47 Å². The summed E-state index contributed by atoms with van der Waals surface area (Å²) in [5.74, 6) is 0. The van der Waals surface area contributed by atoms with Crippen LogP contribution < -0.4 is 5.32 Å². The van der Waals surface area contributed by atoms with Gasteiger partial charge in [-0.3, -0.25) is 0 Å². The summed E-state index contributed by atoms with van der Waals surface area (Å²) < 4.78 is 11.0. The lowest BCUT2D eigenvalue weighted by Gasteiger charge is -2.36. The molecule has 4 nitrogen and oxygen atoms in total. The van der Waals surface area contributed by atoms with Gasteiger partial charge >= 0.3 is 0 Å². The van der Waals surface area contributed by atoms with Crippen LogP contribution in [0, 0.1) is 5.41 Å². The van der Waals surface area contributed by atoms with Crippen molar-refractivity contribution in [2.75, 3.05) is 32.9 Å². The molecule has 0 aromatic rings. The van der Waals surface area contributed by atoms with Crippen molar-refractivity contribution in [1.82, 2.24) is 5.32 Å². The number of aliphatic hydroxyl groups excluding tert-OH is 1. The maximum absolute atomic E-state index is 9.63. The summed E-state index contributed by atoms with van der Waals surface area (Å²) in [5.41, 5.74) is 0.116. The molecule has 1 aliphatic carbocycles. The maximum atomic E-state index is 9.63. The van der Waals surface area contributed by atoms with Crippen molar-refractivity contribution in [3.63, 3.8) is 0 Å². The van der Waals surface area contributed by atoms with E-state index in [9.17, 15) is 5.11 Å². The van der Waals surface area contributed by atoms with Crippen LogP contribution in [0.5, 0.6) is 0 Å². The lowest BCUT2D eigenvalue weighted by Crippen LogP contribution is -2.40. The van der Waals surface area contributed by atoms with Crippen LogP contribution in [0.25, 0.3) is 0 Å². The normalized spacial score (nSPS) is 18.9. The van der Waals surface area contributed by atoms with Crippen molar-refractivity contribution in [1.29, 1.82) is 0 Å². The van der Waals surface area contributed by atoms with Gasteiger partial charge in [-0.25, -0.2) is 0 Å². The molecule has 0 heterocycles. The molecule has 0 spiro atoms. The average molecular weight is 273 g/mol. The number of hydrogen-bond acceptors (Lipinski definition) is 4. The fourth-order valence-electron chi connectivity index (χ4n) is 2.85. The Hall–Kier alpha value is -0.160. The molecule has 19 heavy (non-hydrogen) atoms. The van der Waals surface area contributed by atoms with Gasteiger partial charge in [0.15, 0.2) is 6.29 Å². The average Bonchev–Trinajstić information content (AvgIpc) is 2.45. The van der Waals surface area contributed by atoms with Gasteiger partial charge in [0.2, 0.25) is 0 Å². The van der Waals surface area contributed by atoms with Crippen LogP contribution in [0.15, 0.2) is 0 Å². The van der Waals surface area contributed by atoms with Gasteiger partial charge in [-0.05, 0) is 33.2 Å². The summed E-state index contributed by atoms with van der Waals surface area (Å²) in [5, 5.41) is 13.1. The van der Waals surface area contributed by atoms with Gasteiger partial charge in [-0.15, -0.1) is 0 Å². The fraction of sp³-hybridized carbons (Fsp3) is 1.00. The molecule has 0 unspecified atom stereocenters. The number of rotatable bonds is 10. The van der Waals surface area contributed by atoms with E-state index < -0.39 is 0 Å². The minimum absolute atomic E-state index is 0.0982. The zero-order valence-corrected chi connectivity index (χ0v) is 12.6. The van der Waals surface area contributed by atoms with Crippen LogP contribution in [0.3, 0.4) is 0 Å². The Labute approximate surface area is 117 Å². The van der Waals surface area contributed by atoms with E-state index in [2.05, 4.69) is 5.32 Å². The minimum Gasteiger partial charge on any atom is -0.396 e. The van der Waals surface area contributed by atoms with Crippen LogP contribution in [0.2, 0.25) is 0 Å². The topological polar surface area (TPSA) is 50.7 Å². The number of nitrogens with one attached hydrogen (secondary N) is 1. The van der Waals surface area contributed by atoms with E-state index in [0.29, 0.717) is 19.8 Å². The Morgan fingerprint density at radius 3 is 2.26 bits per heavy atom. The van der Waals surface area contributed by atoms with E-state index in [0.717, 1.165) is 32.4 Å². The van der Waals surface area contributed by atoms with E-state index >= 15 is 0 Å². The molecular formula is C15H31NO3. The van der Waals surface area contributed by atoms with Crippen LogP contribution in [-0.4, -0.2) is 44.3 Å². The van der Waals surface area contributed by atoms with Crippen molar-refractivity contribution in [2.45, 2.75) is 58.7 Å². The standard InChI is InChI=1S/C15H31NO3/c1-3-18-14(19-4-2)8-11-16-12-15(13-17)9-6-5-7-10-15/h14,16-17H,3-13H2,1-2H3. The van der Waals surface area contributed by atoms with Gasteiger partial charge in [0, 0.05) is 38.2 Å². The van der Waals surface area contributed by atoms with Crippen molar-refractivity contribution in [3.05, 3.63) is 0 Å². The molecule has 0 aromatic heterocycles. The predicted octanol–water partition coefficient (Wildman–Crippen LogP) is 2.31. The van der Waals surface area contributed by atoms with E-state index in [-0.39, 0.29) is 11.7 Å². The Morgan fingerprint density at radius 2 is 1.74 bits per heavy atom. The molecule has 0 atom stereocenters. The SMILES string of the molecule is CCOC(CCNCC1(CO)CCCCC1)OCC. The summed E-state index contributed by atoms with van der Waals surface area (Å²) >= 11 is 0. The molecule has 1 fully saturated rings. The Morgan fingerprint density at radius 1 is 1.11 bits per heavy atom. The second-order valence-corrected chi connectivity index (χ2v) is 5.52. The highest BCUT2D eigenvalue weighted by molar-refractivity contribution is 4.84. The van der Waals surface area contributed by atoms with Gasteiger partial charge < -0.3 is 19.9 Å². The molecule has 0 bridgehead atoms. The molecule has 114 valence electrons. The largest absolute Gasteiger partial charge is 0.396 e. The van der Waals surface area contributed by atoms with E-state index in [1.807, 2.05) is 13.8 Å². The van der Waals surface area contributed by atoms with Gasteiger partial charge in [0.1, 0.15) is 0 Å². The lowest BCUT2D eigenvalue weighted by atomic mass is 9.74. The first kappa shape index (κ1) is 16.9. The highest BCUT2D eigenvalue weighted by Gasteiger charge is 2.30. The monoisotopic (exact) mass is 273 g/mol. The molecule has 0 aliphatic heterocycles. The molecule has 2 N–H and O–H groups in total. The lowest BCUT2D eigenvalue weighted by molar-refractivity contribution is -0.138. The van der Waals surface area contributed by atoms with E-state index in [1.165, 1.54) is 19.3 Å². The third-order valence-electron chi connectivity index (χ3n) is 4.01. The van der Waals surface area contributed by atoms with Crippen molar-refractivity contribution in [2.24, 2.45) is 5.41 Å². The van der Waals surface area contributed by atoms with Crippen molar-refractivity contribution >= 4 is 0 Å². The Kier molecular flexibility index (Phi) is 8.62. The first-order valence-electron chi connectivity index (χ1n) is 7.81. The summed E-state index contributed by atoms with van der Waals surface area (Å²) in [6.07, 6.45) is 6.89. The Balaban J connectivity index is 2.20. The zero-order chi connectivity index (χ0) is 14.0. The van der Waals surface area contributed by atoms with E-state index in [1.54, 1.807) is 0 Å². The first-order valence-corrected chi connectivity index (χ1v) is 7.81. The molecule has 1 rings (SSSR count). The van der Waals surface area contributed by atoms with Crippen molar-refractivity contribution in [3.8, 4) is 0 Å².